The fraction of sp³-hybridized carbons (Fsp3) is 0.857. The maximum absolute atomic E-state index is 12.4. The van der Waals surface area contributed by atoms with E-state index in [-0.39, 0.29) is 11.4 Å². The van der Waals surface area contributed by atoms with Crippen molar-refractivity contribution >= 4 is 11.9 Å². The van der Waals surface area contributed by atoms with Gasteiger partial charge in [0.1, 0.15) is 5.54 Å². The molecule has 1 saturated carbocycles. The van der Waals surface area contributed by atoms with Gasteiger partial charge in [-0.25, -0.2) is 0 Å². The number of aliphatic imine (C=N–C) groups is 1. The van der Waals surface area contributed by atoms with E-state index in [1.54, 1.807) is 0 Å². The molecule has 1 aliphatic carbocycles. The van der Waals surface area contributed by atoms with Gasteiger partial charge in [0.2, 0.25) is 0 Å². The van der Waals surface area contributed by atoms with E-state index in [4.69, 9.17) is 0 Å². The quantitative estimate of drug-likeness (QED) is 0.806. The van der Waals surface area contributed by atoms with E-state index in [1.165, 1.54) is 6.42 Å². The molecule has 4 heteroatoms. The van der Waals surface area contributed by atoms with Crippen LogP contribution in [0.5, 0.6) is 0 Å². The van der Waals surface area contributed by atoms with E-state index in [1.807, 2.05) is 0 Å². The average molecular weight is 251 g/mol. The molecule has 2 N–H and O–H groups in total. The second-order valence-electron chi connectivity index (χ2n) is 5.88. The standard InChI is InChI=1S/C14H25N3O/c1-4-9-15-13-16-12(18)14(17-13)8-6-5-7-11(14)10(2)3/h10-11H,4-9H2,1-3H3,(H2,15,16,17,18). The molecule has 2 unspecified atom stereocenters. The van der Waals surface area contributed by atoms with Crippen LogP contribution < -0.4 is 10.6 Å². The molecule has 0 aromatic carbocycles. The van der Waals surface area contributed by atoms with Crippen LogP contribution in [-0.4, -0.2) is 24.0 Å². The van der Waals surface area contributed by atoms with Gasteiger partial charge in [0.25, 0.3) is 5.91 Å². The summed E-state index contributed by atoms with van der Waals surface area (Å²) in [6, 6.07) is 0. The molecule has 18 heavy (non-hydrogen) atoms. The van der Waals surface area contributed by atoms with E-state index < -0.39 is 0 Å². The summed E-state index contributed by atoms with van der Waals surface area (Å²) in [4.78, 5) is 16.8. The molecule has 1 heterocycles. The number of amides is 1. The van der Waals surface area contributed by atoms with Crippen molar-refractivity contribution in [1.29, 1.82) is 0 Å². The first-order valence-corrected chi connectivity index (χ1v) is 7.24. The predicted molar refractivity (Wildman–Crippen MR) is 73.4 cm³/mol. The van der Waals surface area contributed by atoms with Crippen LogP contribution in [0.15, 0.2) is 4.99 Å². The van der Waals surface area contributed by atoms with Crippen molar-refractivity contribution < 1.29 is 4.79 Å². The zero-order valence-corrected chi connectivity index (χ0v) is 11.8. The van der Waals surface area contributed by atoms with Crippen molar-refractivity contribution in [2.45, 2.75) is 58.4 Å². The first-order chi connectivity index (χ1) is 8.60. The lowest BCUT2D eigenvalue weighted by Gasteiger charge is -2.41. The molecule has 4 nitrogen and oxygen atoms in total. The minimum atomic E-state index is -0.390. The molecule has 2 rings (SSSR count). The number of rotatable bonds is 3. The molecule has 0 aromatic rings. The number of hydrogen-bond donors (Lipinski definition) is 2. The van der Waals surface area contributed by atoms with Crippen LogP contribution in [0.1, 0.15) is 52.9 Å². The summed E-state index contributed by atoms with van der Waals surface area (Å²) < 4.78 is 0. The number of hydrogen-bond acceptors (Lipinski definition) is 2. The molecule has 2 atom stereocenters. The molecule has 1 saturated heterocycles. The van der Waals surface area contributed by atoms with E-state index in [0.717, 1.165) is 32.2 Å². The number of carbonyl (C=O) groups excluding carboxylic acids is 1. The van der Waals surface area contributed by atoms with Crippen molar-refractivity contribution in [3.63, 3.8) is 0 Å². The zero-order chi connectivity index (χ0) is 13.2. The van der Waals surface area contributed by atoms with Crippen LogP contribution >= 0.6 is 0 Å². The molecule has 1 aliphatic heterocycles. The van der Waals surface area contributed by atoms with Crippen LogP contribution in [0.25, 0.3) is 0 Å². The third-order valence-electron chi connectivity index (χ3n) is 4.25. The summed E-state index contributed by atoms with van der Waals surface area (Å²) in [6.45, 7) is 7.29. The fourth-order valence-corrected chi connectivity index (χ4v) is 3.36. The topological polar surface area (TPSA) is 53.5 Å². The highest BCUT2D eigenvalue weighted by Gasteiger charge is 2.52. The van der Waals surface area contributed by atoms with Crippen molar-refractivity contribution in [1.82, 2.24) is 10.6 Å². The molecule has 0 bridgehead atoms. The van der Waals surface area contributed by atoms with Crippen molar-refractivity contribution in [2.24, 2.45) is 16.8 Å². The van der Waals surface area contributed by atoms with Crippen molar-refractivity contribution in [2.75, 3.05) is 6.54 Å². The Hall–Kier alpha value is -1.06. The minimum absolute atomic E-state index is 0.135. The SMILES string of the molecule is CCCN=C1NC(=O)C2(CCCCC2C(C)C)N1. The van der Waals surface area contributed by atoms with Gasteiger partial charge < -0.3 is 5.32 Å². The Morgan fingerprint density at radius 1 is 1.44 bits per heavy atom. The summed E-state index contributed by atoms with van der Waals surface area (Å²) >= 11 is 0. The summed E-state index contributed by atoms with van der Waals surface area (Å²) in [5.74, 6) is 1.76. The normalized spacial score (nSPS) is 34.1. The first-order valence-electron chi connectivity index (χ1n) is 7.24. The molecule has 1 amide bonds. The number of carbonyl (C=O) groups is 1. The summed E-state index contributed by atoms with van der Waals surface area (Å²) in [6.07, 6.45) is 5.44. The molecule has 0 radical (unpaired) electrons. The second-order valence-corrected chi connectivity index (χ2v) is 5.88. The van der Waals surface area contributed by atoms with Crippen LogP contribution in [0.4, 0.5) is 0 Å². The number of nitrogens with one attached hydrogen (secondary N) is 2. The maximum atomic E-state index is 12.4. The largest absolute Gasteiger partial charge is 0.341 e. The third-order valence-corrected chi connectivity index (χ3v) is 4.25. The van der Waals surface area contributed by atoms with Crippen LogP contribution in [0, 0.1) is 11.8 Å². The van der Waals surface area contributed by atoms with Gasteiger partial charge in [-0.3, -0.25) is 15.1 Å². The van der Waals surface area contributed by atoms with Crippen molar-refractivity contribution in [3.05, 3.63) is 0 Å². The van der Waals surface area contributed by atoms with Gasteiger partial charge in [0.15, 0.2) is 5.96 Å². The van der Waals surface area contributed by atoms with Crippen molar-refractivity contribution in [3.8, 4) is 0 Å². The first kappa shape index (κ1) is 13.4. The molecule has 2 fully saturated rings. The van der Waals surface area contributed by atoms with Gasteiger partial charge in [-0.15, -0.1) is 0 Å². The van der Waals surface area contributed by atoms with Gasteiger partial charge in [0.05, 0.1) is 0 Å². The average Bonchev–Trinajstić information content (AvgIpc) is 2.64. The zero-order valence-electron chi connectivity index (χ0n) is 11.8. The van der Waals surface area contributed by atoms with E-state index in [9.17, 15) is 4.79 Å². The smallest absolute Gasteiger partial charge is 0.252 e. The Kier molecular flexibility index (Phi) is 3.93. The summed E-state index contributed by atoms with van der Waals surface area (Å²) in [5, 5.41) is 6.35. The van der Waals surface area contributed by atoms with Gasteiger partial charge >= 0.3 is 0 Å². The maximum Gasteiger partial charge on any atom is 0.252 e. The highest BCUT2D eigenvalue weighted by atomic mass is 16.2. The molecular formula is C14H25N3O. The second kappa shape index (κ2) is 5.29. The van der Waals surface area contributed by atoms with Crippen LogP contribution in [0.3, 0.4) is 0 Å². The summed E-state index contributed by atoms with van der Waals surface area (Å²) in [7, 11) is 0. The van der Waals surface area contributed by atoms with E-state index in [2.05, 4.69) is 36.4 Å². The molecule has 2 aliphatic rings. The van der Waals surface area contributed by atoms with Gasteiger partial charge in [-0.2, -0.15) is 0 Å². The predicted octanol–water partition coefficient (Wildman–Crippen LogP) is 2.06. The molecule has 1 spiro atoms. The Morgan fingerprint density at radius 3 is 2.89 bits per heavy atom. The number of guanidine groups is 1. The van der Waals surface area contributed by atoms with Crippen LogP contribution in [-0.2, 0) is 4.79 Å². The Balaban J connectivity index is 2.20. The Morgan fingerprint density at radius 2 is 2.22 bits per heavy atom. The fourth-order valence-electron chi connectivity index (χ4n) is 3.36. The molecule has 102 valence electrons. The lowest BCUT2D eigenvalue weighted by Crippen LogP contribution is -2.56. The van der Waals surface area contributed by atoms with E-state index >= 15 is 0 Å². The van der Waals surface area contributed by atoms with Gasteiger partial charge in [-0.05, 0) is 31.1 Å². The molecular weight excluding hydrogens is 226 g/mol. The van der Waals surface area contributed by atoms with Gasteiger partial charge in [0, 0.05) is 6.54 Å². The Labute approximate surface area is 110 Å². The highest BCUT2D eigenvalue weighted by molar-refractivity contribution is 6.09. The summed E-state index contributed by atoms with van der Waals surface area (Å²) in [5.41, 5.74) is -0.390. The monoisotopic (exact) mass is 251 g/mol. The number of nitrogens with zero attached hydrogens (tertiary/aromatic N) is 1. The lowest BCUT2D eigenvalue weighted by atomic mass is 9.68. The van der Waals surface area contributed by atoms with Gasteiger partial charge in [-0.1, -0.05) is 33.6 Å². The van der Waals surface area contributed by atoms with E-state index in [0.29, 0.717) is 17.8 Å². The Bertz CT molecular complexity index is 351. The van der Waals surface area contributed by atoms with Crippen LogP contribution in [0.2, 0.25) is 0 Å². The minimum Gasteiger partial charge on any atom is -0.341 e. The highest BCUT2D eigenvalue weighted by Crippen LogP contribution is 2.40. The third kappa shape index (κ3) is 2.25. The molecule has 0 aromatic heterocycles. The lowest BCUT2D eigenvalue weighted by molar-refractivity contribution is -0.128.